The summed E-state index contributed by atoms with van der Waals surface area (Å²) in [5.74, 6) is -0.239. The first-order chi connectivity index (χ1) is 15.3. The Bertz CT molecular complexity index is 1200. The predicted molar refractivity (Wildman–Crippen MR) is 126 cm³/mol. The Morgan fingerprint density at radius 1 is 0.938 bits per heavy atom. The smallest absolute Gasteiger partial charge is 0.251 e. The van der Waals surface area contributed by atoms with Crippen molar-refractivity contribution in [3.05, 3.63) is 95.1 Å². The molecule has 3 aromatic carbocycles. The number of nitrogens with one attached hydrogen (secondary N) is 1. The molecule has 166 valence electrons. The number of anilines is 1. The second-order valence-electron chi connectivity index (χ2n) is 8.11. The van der Waals surface area contributed by atoms with Crippen molar-refractivity contribution in [2.75, 3.05) is 25.5 Å². The third-order valence-electron chi connectivity index (χ3n) is 5.73. The summed E-state index contributed by atoms with van der Waals surface area (Å²) in [5, 5.41) is 2.89. The average Bonchev–Trinajstić information content (AvgIpc) is 3.21. The van der Waals surface area contributed by atoms with Crippen molar-refractivity contribution in [1.82, 2.24) is 9.62 Å². The summed E-state index contributed by atoms with van der Waals surface area (Å²) in [6, 6.07) is 22.8. The molecule has 0 radical (unpaired) electrons. The Morgan fingerprint density at radius 3 is 2.28 bits per heavy atom. The molecular weight excluding hydrogens is 422 g/mol. The van der Waals surface area contributed by atoms with Crippen LogP contribution in [0.1, 0.15) is 27.0 Å². The van der Waals surface area contributed by atoms with Crippen LogP contribution < -0.4 is 10.2 Å². The molecule has 0 saturated heterocycles. The van der Waals surface area contributed by atoms with Gasteiger partial charge in [0, 0.05) is 45.0 Å². The quantitative estimate of drug-likeness (QED) is 0.600. The fraction of sp³-hybridized carbons (Fsp3) is 0.240. The van der Waals surface area contributed by atoms with Crippen molar-refractivity contribution in [2.45, 2.75) is 24.4 Å². The van der Waals surface area contributed by atoms with E-state index >= 15 is 0 Å². The van der Waals surface area contributed by atoms with Crippen LogP contribution in [0.25, 0.3) is 0 Å². The Labute approximate surface area is 189 Å². The van der Waals surface area contributed by atoms with Gasteiger partial charge in [-0.1, -0.05) is 42.5 Å². The van der Waals surface area contributed by atoms with Crippen molar-refractivity contribution in [1.29, 1.82) is 0 Å². The molecule has 32 heavy (non-hydrogen) atoms. The molecule has 7 heteroatoms. The van der Waals surface area contributed by atoms with E-state index in [1.165, 1.54) is 55.2 Å². The lowest BCUT2D eigenvalue weighted by Gasteiger charge is -2.19. The van der Waals surface area contributed by atoms with Gasteiger partial charge in [-0.3, -0.25) is 4.79 Å². The topological polar surface area (TPSA) is 69.7 Å². The second kappa shape index (κ2) is 9.14. The number of rotatable bonds is 7. The summed E-state index contributed by atoms with van der Waals surface area (Å²) in [6.45, 7) is 2.31. The molecule has 1 aliphatic heterocycles. The van der Waals surface area contributed by atoms with E-state index in [9.17, 15) is 13.2 Å². The fourth-order valence-corrected chi connectivity index (χ4v) is 4.73. The monoisotopic (exact) mass is 449 g/mol. The van der Waals surface area contributed by atoms with Gasteiger partial charge in [0.15, 0.2) is 0 Å². The van der Waals surface area contributed by atoms with Crippen molar-refractivity contribution in [3.63, 3.8) is 0 Å². The van der Waals surface area contributed by atoms with Gasteiger partial charge in [-0.2, -0.15) is 0 Å². The Hall–Kier alpha value is -3.16. The Kier molecular flexibility index (Phi) is 6.30. The zero-order valence-corrected chi connectivity index (χ0v) is 19.1. The maximum atomic E-state index is 12.4. The lowest BCUT2D eigenvalue weighted by atomic mass is 10.1. The van der Waals surface area contributed by atoms with Gasteiger partial charge in [0.05, 0.1) is 4.90 Å². The summed E-state index contributed by atoms with van der Waals surface area (Å²) in [6.07, 6.45) is 1.09. The summed E-state index contributed by atoms with van der Waals surface area (Å²) < 4.78 is 25.4. The number of hydrogen-bond acceptors (Lipinski definition) is 4. The van der Waals surface area contributed by atoms with E-state index in [0.29, 0.717) is 12.1 Å². The number of benzene rings is 3. The highest BCUT2D eigenvalue weighted by Gasteiger charge is 2.19. The average molecular weight is 450 g/mol. The lowest BCUT2D eigenvalue weighted by molar-refractivity contribution is 0.0951. The summed E-state index contributed by atoms with van der Waals surface area (Å²) in [7, 11) is -0.551. The minimum atomic E-state index is -3.51. The highest BCUT2D eigenvalue weighted by Crippen LogP contribution is 2.28. The lowest BCUT2D eigenvalue weighted by Crippen LogP contribution is -2.24. The number of hydrogen-bond donors (Lipinski definition) is 1. The van der Waals surface area contributed by atoms with Crippen molar-refractivity contribution in [3.8, 4) is 0 Å². The second-order valence-corrected chi connectivity index (χ2v) is 10.3. The molecule has 1 aliphatic rings. The molecule has 0 spiro atoms. The van der Waals surface area contributed by atoms with Crippen LogP contribution in [0.2, 0.25) is 0 Å². The molecular formula is C25H27N3O3S. The fourth-order valence-electron chi connectivity index (χ4n) is 3.83. The number of amides is 1. The largest absolute Gasteiger partial charge is 0.367 e. The van der Waals surface area contributed by atoms with Crippen molar-refractivity contribution < 1.29 is 13.2 Å². The zero-order chi connectivity index (χ0) is 22.7. The van der Waals surface area contributed by atoms with Gasteiger partial charge in [0.25, 0.3) is 5.91 Å². The molecule has 0 fully saturated rings. The maximum Gasteiger partial charge on any atom is 0.251 e. The van der Waals surface area contributed by atoms with Gasteiger partial charge in [-0.15, -0.1) is 0 Å². The van der Waals surface area contributed by atoms with E-state index in [-0.39, 0.29) is 10.8 Å². The third kappa shape index (κ3) is 4.69. The van der Waals surface area contributed by atoms with Crippen LogP contribution in [0.4, 0.5) is 5.69 Å². The van der Waals surface area contributed by atoms with E-state index in [4.69, 9.17) is 0 Å². The molecule has 6 nitrogen and oxygen atoms in total. The summed E-state index contributed by atoms with van der Waals surface area (Å²) in [4.78, 5) is 15.0. The van der Waals surface area contributed by atoms with Gasteiger partial charge < -0.3 is 10.2 Å². The van der Waals surface area contributed by atoms with Gasteiger partial charge in [-0.05, 0) is 53.4 Å². The number of carbonyl (C=O) groups is 1. The first-order valence-corrected chi connectivity index (χ1v) is 12.0. The minimum absolute atomic E-state index is 0.162. The summed E-state index contributed by atoms with van der Waals surface area (Å²) in [5.41, 5.74) is 5.38. The standard InChI is InChI=1S/C25H27N3O3S/c1-27(2)32(30,31)23-13-11-22(12-14-23)25(29)26-17-19-7-9-20(10-8-19)18-28-16-15-21-5-3-4-6-24(21)28/h3-14H,15-18H2,1-2H3,(H,26,29). The number of fused-ring (bicyclic) bond motifs is 1. The van der Waals surface area contributed by atoms with Crippen LogP contribution >= 0.6 is 0 Å². The third-order valence-corrected chi connectivity index (χ3v) is 7.56. The molecule has 1 amide bonds. The van der Waals surface area contributed by atoms with Gasteiger partial charge in [-0.25, -0.2) is 12.7 Å². The SMILES string of the molecule is CN(C)S(=O)(=O)c1ccc(C(=O)NCc2ccc(CN3CCc4ccccc43)cc2)cc1. The van der Waals surface area contributed by atoms with Crippen LogP contribution in [0.5, 0.6) is 0 Å². The molecule has 0 bridgehead atoms. The molecule has 1 heterocycles. The minimum Gasteiger partial charge on any atom is -0.367 e. The van der Waals surface area contributed by atoms with E-state index in [2.05, 4.69) is 46.6 Å². The van der Waals surface area contributed by atoms with Crippen molar-refractivity contribution >= 4 is 21.6 Å². The molecule has 0 unspecified atom stereocenters. The first-order valence-electron chi connectivity index (χ1n) is 10.6. The Morgan fingerprint density at radius 2 is 1.59 bits per heavy atom. The number of carbonyl (C=O) groups excluding carboxylic acids is 1. The van der Waals surface area contributed by atoms with E-state index in [1.807, 2.05) is 12.1 Å². The molecule has 0 saturated carbocycles. The van der Waals surface area contributed by atoms with Gasteiger partial charge >= 0.3 is 0 Å². The molecule has 0 aliphatic carbocycles. The van der Waals surface area contributed by atoms with E-state index in [0.717, 1.165) is 29.4 Å². The van der Waals surface area contributed by atoms with E-state index < -0.39 is 10.0 Å². The van der Waals surface area contributed by atoms with Crippen LogP contribution in [-0.2, 0) is 29.5 Å². The van der Waals surface area contributed by atoms with Crippen LogP contribution in [0.15, 0.2) is 77.7 Å². The maximum absolute atomic E-state index is 12.4. The molecule has 0 aromatic heterocycles. The highest BCUT2D eigenvalue weighted by atomic mass is 32.2. The molecule has 1 N–H and O–H groups in total. The van der Waals surface area contributed by atoms with Gasteiger partial charge in [0.2, 0.25) is 10.0 Å². The number of para-hydroxylation sites is 1. The van der Waals surface area contributed by atoms with Crippen LogP contribution in [-0.4, -0.2) is 39.3 Å². The van der Waals surface area contributed by atoms with Crippen molar-refractivity contribution in [2.24, 2.45) is 0 Å². The highest BCUT2D eigenvalue weighted by molar-refractivity contribution is 7.89. The summed E-state index contributed by atoms with van der Waals surface area (Å²) >= 11 is 0. The normalized spacial score (nSPS) is 13.3. The van der Waals surface area contributed by atoms with Gasteiger partial charge in [0.1, 0.15) is 0 Å². The number of nitrogens with zero attached hydrogens (tertiary/aromatic N) is 2. The molecule has 3 aromatic rings. The molecule has 4 rings (SSSR count). The zero-order valence-electron chi connectivity index (χ0n) is 18.3. The number of sulfonamides is 1. The van der Waals surface area contributed by atoms with E-state index in [1.54, 1.807) is 0 Å². The van der Waals surface area contributed by atoms with Crippen LogP contribution in [0.3, 0.4) is 0 Å². The first kappa shape index (κ1) is 22.0. The Balaban J connectivity index is 1.33. The van der Waals surface area contributed by atoms with Crippen LogP contribution in [0, 0.1) is 0 Å². The molecule has 0 atom stereocenters. The predicted octanol–water partition coefficient (Wildman–Crippen LogP) is 3.43.